The van der Waals surface area contributed by atoms with Gasteiger partial charge in [-0.1, -0.05) is 24.3 Å². The van der Waals surface area contributed by atoms with Crippen molar-refractivity contribution in [3.63, 3.8) is 0 Å². The number of Topliss-reactive ketones (excluding diaryl/α,β-unsaturated/α-hetero) is 1. The first-order chi connectivity index (χ1) is 15.0. The molecule has 2 heterocycles. The van der Waals surface area contributed by atoms with Crippen molar-refractivity contribution in [2.24, 2.45) is 0 Å². The van der Waals surface area contributed by atoms with E-state index in [-0.39, 0.29) is 18.5 Å². The molecule has 1 amide bonds. The Hall–Kier alpha value is -3.54. The second kappa shape index (κ2) is 7.61. The number of carbonyl (C=O) groups is 2. The van der Waals surface area contributed by atoms with Crippen molar-refractivity contribution in [1.82, 2.24) is 5.32 Å². The Morgan fingerprint density at radius 1 is 1.06 bits per heavy atom. The van der Waals surface area contributed by atoms with E-state index in [1.165, 1.54) is 0 Å². The highest BCUT2D eigenvalue weighted by Crippen LogP contribution is 2.45. The van der Waals surface area contributed by atoms with Crippen molar-refractivity contribution in [1.29, 1.82) is 0 Å². The molecule has 6 nitrogen and oxygen atoms in total. The third kappa shape index (κ3) is 3.38. The van der Waals surface area contributed by atoms with Crippen LogP contribution in [0.4, 0.5) is 5.69 Å². The van der Waals surface area contributed by atoms with Gasteiger partial charge in [-0.3, -0.25) is 9.59 Å². The van der Waals surface area contributed by atoms with Gasteiger partial charge in [-0.05, 0) is 56.0 Å². The van der Waals surface area contributed by atoms with Crippen molar-refractivity contribution in [3.05, 3.63) is 76.1 Å². The minimum Gasteiger partial charge on any atom is -0.454 e. The van der Waals surface area contributed by atoms with Gasteiger partial charge in [0.25, 0.3) is 5.91 Å². The number of amides is 1. The Bertz CT molecular complexity index is 1160. The summed E-state index contributed by atoms with van der Waals surface area (Å²) in [7, 11) is 0. The first-order valence-electron chi connectivity index (χ1n) is 10.5. The van der Waals surface area contributed by atoms with E-state index in [0.717, 1.165) is 41.1 Å². The number of benzene rings is 2. The van der Waals surface area contributed by atoms with E-state index >= 15 is 0 Å². The van der Waals surface area contributed by atoms with Gasteiger partial charge in [0.1, 0.15) is 0 Å². The van der Waals surface area contributed by atoms with Crippen molar-refractivity contribution in [2.75, 3.05) is 12.1 Å². The lowest BCUT2D eigenvalue weighted by molar-refractivity contribution is -0.116. The lowest BCUT2D eigenvalue weighted by atomic mass is 9.75. The molecule has 2 aromatic rings. The number of anilines is 1. The average Bonchev–Trinajstić information content (AvgIpc) is 3.22. The van der Waals surface area contributed by atoms with Crippen molar-refractivity contribution in [2.45, 2.75) is 39.0 Å². The van der Waals surface area contributed by atoms with Gasteiger partial charge in [-0.15, -0.1) is 0 Å². The van der Waals surface area contributed by atoms with Gasteiger partial charge in [0, 0.05) is 40.6 Å². The highest BCUT2D eigenvalue weighted by atomic mass is 16.7. The SMILES string of the molecule is CC1=C(C(=O)Nc2ccccc2C)[C@H](c2ccc3c(c2)OCO3)C2=C(CCCC2=O)N1. The minimum absolute atomic E-state index is 0.0881. The fraction of sp³-hybridized carbons (Fsp3) is 0.280. The summed E-state index contributed by atoms with van der Waals surface area (Å²) in [6, 6.07) is 13.3. The highest BCUT2D eigenvalue weighted by Gasteiger charge is 2.39. The second-order valence-corrected chi connectivity index (χ2v) is 8.15. The Morgan fingerprint density at radius 3 is 2.71 bits per heavy atom. The molecule has 6 heteroatoms. The molecular formula is C25H24N2O4. The summed E-state index contributed by atoms with van der Waals surface area (Å²) in [6.45, 7) is 4.03. The van der Waals surface area contributed by atoms with Crippen LogP contribution in [0.15, 0.2) is 65.0 Å². The van der Waals surface area contributed by atoms with E-state index in [2.05, 4.69) is 10.6 Å². The predicted octanol–water partition coefficient (Wildman–Crippen LogP) is 4.33. The molecule has 31 heavy (non-hydrogen) atoms. The summed E-state index contributed by atoms with van der Waals surface area (Å²) in [4.78, 5) is 26.6. The number of hydrogen-bond donors (Lipinski definition) is 2. The van der Waals surface area contributed by atoms with Gasteiger partial charge < -0.3 is 20.1 Å². The largest absolute Gasteiger partial charge is 0.454 e. The predicted molar refractivity (Wildman–Crippen MR) is 117 cm³/mol. The number of rotatable bonds is 3. The molecule has 0 unspecified atom stereocenters. The van der Waals surface area contributed by atoms with Crippen LogP contribution in [0.3, 0.4) is 0 Å². The number of fused-ring (bicyclic) bond motifs is 1. The van der Waals surface area contributed by atoms with Crippen LogP contribution in [-0.4, -0.2) is 18.5 Å². The van der Waals surface area contributed by atoms with Crippen LogP contribution in [0, 0.1) is 6.92 Å². The third-order valence-electron chi connectivity index (χ3n) is 6.14. The molecule has 2 aliphatic heterocycles. The topological polar surface area (TPSA) is 76.7 Å². The molecule has 0 radical (unpaired) electrons. The molecule has 3 aliphatic rings. The summed E-state index contributed by atoms with van der Waals surface area (Å²) >= 11 is 0. The molecule has 2 N–H and O–H groups in total. The zero-order chi connectivity index (χ0) is 21.5. The van der Waals surface area contributed by atoms with Crippen LogP contribution in [0.5, 0.6) is 11.5 Å². The zero-order valence-corrected chi connectivity index (χ0v) is 17.6. The number of ketones is 1. The van der Waals surface area contributed by atoms with Gasteiger partial charge in [-0.2, -0.15) is 0 Å². The number of nitrogens with one attached hydrogen (secondary N) is 2. The molecule has 5 rings (SSSR count). The van der Waals surface area contributed by atoms with Gasteiger partial charge in [0.05, 0.1) is 0 Å². The van der Waals surface area contributed by atoms with Gasteiger partial charge in [0.15, 0.2) is 17.3 Å². The molecule has 0 bridgehead atoms. The van der Waals surface area contributed by atoms with Crippen LogP contribution in [-0.2, 0) is 9.59 Å². The average molecular weight is 416 g/mol. The summed E-state index contributed by atoms with van der Waals surface area (Å²) in [5.41, 5.74) is 5.51. The number of hydrogen-bond acceptors (Lipinski definition) is 5. The van der Waals surface area contributed by atoms with Crippen molar-refractivity contribution < 1.29 is 19.1 Å². The van der Waals surface area contributed by atoms with Crippen LogP contribution in [0.1, 0.15) is 43.2 Å². The molecule has 1 aliphatic carbocycles. The minimum atomic E-state index is -0.456. The maximum atomic E-state index is 13.5. The van der Waals surface area contributed by atoms with Gasteiger partial charge >= 0.3 is 0 Å². The highest BCUT2D eigenvalue weighted by molar-refractivity contribution is 6.10. The molecule has 0 saturated heterocycles. The molecule has 0 aromatic heterocycles. The van der Waals surface area contributed by atoms with Crippen LogP contribution < -0.4 is 20.1 Å². The fourth-order valence-electron chi connectivity index (χ4n) is 4.61. The summed E-state index contributed by atoms with van der Waals surface area (Å²) in [5.74, 6) is 0.728. The van der Waals surface area contributed by atoms with E-state index in [9.17, 15) is 9.59 Å². The fourth-order valence-corrected chi connectivity index (χ4v) is 4.61. The smallest absolute Gasteiger partial charge is 0.254 e. The van der Waals surface area contributed by atoms with E-state index in [4.69, 9.17) is 9.47 Å². The van der Waals surface area contributed by atoms with Gasteiger partial charge in [0.2, 0.25) is 6.79 Å². The van der Waals surface area contributed by atoms with E-state index < -0.39 is 5.92 Å². The van der Waals surface area contributed by atoms with E-state index in [1.54, 1.807) is 0 Å². The maximum Gasteiger partial charge on any atom is 0.254 e. The third-order valence-corrected chi connectivity index (χ3v) is 6.14. The number of allylic oxidation sites excluding steroid dienone is 3. The quantitative estimate of drug-likeness (QED) is 0.779. The Balaban J connectivity index is 1.60. The summed E-state index contributed by atoms with van der Waals surface area (Å²) in [5, 5.41) is 6.40. The van der Waals surface area contributed by atoms with Crippen LogP contribution in [0.25, 0.3) is 0 Å². The van der Waals surface area contributed by atoms with E-state index in [1.807, 2.05) is 56.3 Å². The molecule has 0 fully saturated rings. The zero-order valence-electron chi connectivity index (χ0n) is 17.6. The normalized spacial score (nSPS) is 19.8. The van der Waals surface area contributed by atoms with Crippen molar-refractivity contribution in [3.8, 4) is 11.5 Å². The number of dihydropyridines is 1. The lowest BCUT2D eigenvalue weighted by Gasteiger charge is -2.34. The van der Waals surface area contributed by atoms with Crippen molar-refractivity contribution >= 4 is 17.4 Å². The molecular weight excluding hydrogens is 392 g/mol. The maximum absolute atomic E-state index is 13.5. The first kappa shape index (κ1) is 19.4. The molecule has 0 spiro atoms. The van der Waals surface area contributed by atoms with Gasteiger partial charge in [-0.25, -0.2) is 0 Å². The Kier molecular flexibility index (Phi) is 4.77. The van der Waals surface area contributed by atoms with Crippen LogP contribution in [0.2, 0.25) is 0 Å². The summed E-state index contributed by atoms with van der Waals surface area (Å²) < 4.78 is 11.0. The number of aryl methyl sites for hydroxylation is 1. The second-order valence-electron chi connectivity index (χ2n) is 8.15. The van der Waals surface area contributed by atoms with Crippen LogP contribution >= 0.6 is 0 Å². The standard InChI is InChI=1S/C25H24N2O4/c1-14-6-3-4-7-17(14)27-25(29)22-15(2)26-18-8-5-9-19(28)24(18)23(22)16-10-11-20-21(12-16)31-13-30-20/h3-4,6-7,10-12,23,26H,5,8-9,13H2,1-2H3,(H,27,29)/t23-/m0/s1. The molecule has 2 aromatic carbocycles. The monoisotopic (exact) mass is 416 g/mol. The molecule has 158 valence electrons. The molecule has 0 saturated carbocycles. The number of carbonyl (C=O) groups excluding carboxylic acids is 2. The first-order valence-corrected chi connectivity index (χ1v) is 10.5. The number of para-hydroxylation sites is 1. The number of ether oxygens (including phenoxy) is 2. The molecule has 1 atom stereocenters. The lowest BCUT2D eigenvalue weighted by Crippen LogP contribution is -2.35. The Labute approximate surface area is 180 Å². The van der Waals surface area contributed by atoms with E-state index in [0.29, 0.717) is 29.1 Å². The Morgan fingerprint density at radius 2 is 1.87 bits per heavy atom. The summed E-state index contributed by atoms with van der Waals surface area (Å²) in [6.07, 6.45) is 2.11.